The maximum atomic E-state index is 13.0. The molecule has 1 aromatic carbocycles. The molecule has 1 aromatic rings. The van der Waals surface area contributed by atoms with Gasteiger partial charge in [0.2, 0.25) is 11.8 Å². The maximum absolute atomic E-state index is 13.0. The lowest BCUT2D eigenvalue weighted by Gasteiger charge is -2.31. The standard InChI is InChI=1S/C20H27ClN4O3/c21-17-5-1-4-16(14-17)20(28)25(11-3-10-23-9-2-6-18(23)26)15-19(27)24-12-7-22-8-13-24/h1,4-5,14,22H,2-3,6-13,15H2. The van der Waals surface area contributed by atoms with Crippen LogP contribution < -0.4 is 5.32 Å². The fourth-order valence-corrected chi connectivity index (χ4v) is 3.82. The molecule has 7 nitrogen and oxygen atoms in total. The first-order valence-electron chi connectivity index (χ1n) is 9.86. The van der Waals surface area contributed by atoms with E-state index in [9.17, 15) is 14.4 Å². The fourth-order valence-electron chi connectivity index (χ4n) is 3.63. The summed E-state index contributed by atoms with van der Waals surface area (Å²) in [4.78, 5) is 42.7. The quantitative estimate of drug-likeness (QED) is 0.739. The minimum atomic E-state index is -0.210. The summed E-state index contributed by atoms with van der Waals surface area (Å²) >= 11 is 6.03. The van der Waals surface area contributed by atoms with E-state index in [1.807, 2.05) is 4.90 Å². The molecule has 0 atom stereocenters. The maximum Gasteiger partial charge on any atom is 0.254 e. The highest BCUT2D eigenvalue weighted by molar-refractivity contribution is 6.31. The molecule has 0 unspecified atom stereocenters. The van der Waals surface area contributed by atoms with Crippen molar-refractivity contribution in [1.82, 2.24) is 20.0 Å². The zero-order valence-corrected chi connectivity index (χ0v) is 16.8. The number of carbonyl (C=O) groups excluding carboxylic acids is 3. The molecule has 0 aromatic heterocycles. The third-order valence-corrected chi connectivity index (χ3v) is 5.42. The molecule has 2 aliphatic rings. The van der Waals surface area contributed by atoms with Crippen molar-refractivity contribution in [3.8, 4) is 0 Å². The zero-order valence-electron chi connectivity index (χ0n) is 16.0. The number of hydrogen-bond donors (Lipinski definition) is 1. The second-order valence-electron chi connectivity index (χ2n) is 7.21. The molecule has 0 radical (unpaired) electrons. The number of hydrogen-bond acceptors (Lipinski definition) is 4. The lowest BCUT2D eigenvalue weighted by molar-refractivity contribution is -0.132. The van der Waals surface area contributed by atoms with Crippen LogP contribution in [-0.4, -0.2) is 84.8 Å². The minimum absolute atomic E-state index is 0.0410. The second-order valence-corrected chi connectivity index (χ2v) is 7.64. The molecule has 28 heavy (non-hydrogen) atoms. The Balaban J connectivity index is 1.64. The van der Waals surface area contributed by atoms with Crippen LogP contribution in [0.1, 0.15) is 29.6 Å². The van der Waals surface area contributed by atoms with Crippen molar-refractivity contribution >= 4 is 29.3 Å². The van der Waals surface area contributed by atoms with Crippen LogP contribution in [0.15, 0.2) is 24.3 Å². The number of carbonyl (C=O) groups is 3. The van der Waals surface area contributed by atoms with Gasteiger partial charge in [0.25, 0.3) is 5.91 Å². The molecule has 152 valence electrons. The van der Waals surface area contributed by atoms with Crippen LogP contribution in [0, 0.1) is 0 Å². The van der Waals surface area contributed by atoms with Crippen molar-refractivity contribution in [1.29, 1.82) is 0 Å². The Labute approximate surface area is 170 Å². The largest absolute Gasteiger partial charge is 0.343 e. The lowest BCUT2D eigenvalue weighted by Crippen LogP contribution is -2.50. The summed E-state index contributed by atoms with van der Waals surface area (Å²) < 4.78 is 0. The third-order valence-electron chi connectivity index (χ3n) is 5.18. The normalized spacial score (nSPS) is 17.1. The van der Waals surface area contributed by atoms with Crippen LogP contribution in [0.2, 0.25) is 5.02 Å². The monoisotopic (exact) mass is 406 g/mol. The summed E-state index contributed by atoms with van der Waals surface area (Å²) in [6, 6.07) is 6.78. The highest BCUT2D eigenvalue weighted by atomic mass is 35.5. The molecule has 0 aliphatic carbocycles. The Kier molecular flexibility index (Phi) is 7.28. The summed E-state index contributed by atoms with van der Waals surface area (Å²) in [5, 5.41) is 3.71. The van der Waals surface area contributed by atoms with Gasteiger partial charge in [-0.25, -0.2) is 0 Å². The van der Waals surface area contributed by atoms with Gasteiger partial charge in [-0.15, -0.1) is 0 Å². The van der Waals surface area contributed by atoms with E-state index >= 15 is 0 Å². The first kappa shape index (κ1) is 20.6. The van der Waals surface area contributed by atoms with Gasteiger partial charge in [-0.2, -0.15) is 0 Å². The molecule has 0 saturated carbocycles. The van der Waals surface area contributed by atoms with Crippen LogP contribution in [0.25, 0.3) is 0 Å². The van der Waals surface area contributed by atoms with Crippen LogP contribution in [0.5, 0.6) is 0 Å². The van der Waals surface area contributed by atoms with Gasteiger partial charge in [0.05, 0.1) is 0 Å². The molecule has 3 amide bonds. The van der Waals surface area contributed by atoms with Crippen molar-refractivity contribution in [3.63, 3.8) is 0 Å². The Morgan fingerprint density at radius 3 is 2.64 bits per heavy atom. The summed E-state index contributed by atoms with van der Waals surface area (Å²) in [7, 11) is 0. The van der Waals surface area contributed by atoms with Gasteiger partial charge >= 0.3 is 0 Å². The fraction of sp³-hybridized carbons (Fsp3) is 0.550. The molecule has 0 spiro atoms. The summed E-state index contributed by atoms with van der Waals surface area (Å²) in [6.07, 6.45) is 2.14. The average molecular weight is 407 g/mol. The van der Waals surface area contributed by atoms with Gasteiger partial charge < -0.3 is 20.0 Å². The van der Waals surface area contributed by atoms with E-state index < -0.39 is 0 Å². The van der Waals surface area contributed by atoms with Crippen molar-refractivity contribution in [2.75, 3.05) is 52.4 Å². The van der Waals surface area contributed by atoms with Crippen molar-refractivity contribution in [3.05, 3.63) is 34.9 Å². The molecule has 1 N–H and O–H groups in total. The average Bonchev–Trinajstić information content (AvgIpc) is 3.12. The number of nitrogens with zero attached hydrogens (tertiary/aromatic N) is 3. The van der Waals surface area contributed by atoms with Crippen molar-refractivity contribution in [2.24, 2.45) is 0 Å². The molecule has 2 aliphatic heterocycles. The van der Waals surface area contributed by atoms with E-state index in [4.69, 9.17) is 11.6 Å². The first-order valence-corrected chi connectivity index (χ1v) is 10.2. The van der Waals surface area contributed by atoms with E-state index in [1.165, 1.54) is 0 Å². The van der Waals surface area contributed by atoms with Gasteiger partial charge in [-0.1, -0.05) is 17.7 Å². The Morgan fingerprint density at radius 2 is 1.96 bits per heavy atom. The van der Waals surface area contributed by atoms with Crippen LogP contribution >= 0.6 is 11.6 Å². The molecule has 0 bridgehead atoms. The van der Waals surface area contributed by atoms with Gasteiger partial charge in [0.15, 0.2) is 0 Å². The Bertz CT molecular complexity index is 721. The highest BCUT2D eigenvalue weighted by Gasteiger charge is 2.24. The van der Waals surface area contributed by atoms with Crippen LogP contribution in [-0.2, 0) is 9.59 Å². The van der Waals surface area contributed by atoms with E-state index in [-0.39, 0.29) is 24.3 Å². The topological polar surface area (TPSA) is 73.0 Å². The van der Waals surface area contributed by atoms with E-state index in [0.29, 0.717) is 49.6 Å². The van der Waals surface area contributed by atoms with Gasteiger partial charge in [0, 0.05) is 62.8 Å². The van der Waals surface area contributed by atoms with Gasteiger partial charge in [-0.3, -0.25) is 14.4 Å². The Hall–Kier alpha value is -2.12. The molecule has 2 saturated heterocycles. The highest BCUT2D eigenvalue weighted by Crippen LogP contribution is 2.14. The van der Waals surface area contributed by atoms with Crippen LogP contribution in [0.3, 0.4) is 0 Å². The second kappa shape index (κ2) is 9.89. The summed E-state index contributed by atoms with van der Waals surface area (Å²) in [5.41, 5.74) is 0.470. The zero-order chi connectivity index (χ0) is 19.9. The van der Waals surface area contributed by atoms with Gasteiger partial charge in [0.1, 0.15) is 6.54 Å². The number of piperazine rings is 1. The summed E-state index contributed by atoms with van der Waals surface area (Å²) in [6.45, 7) is 4.70. The minimum Gasteiger partial charge on any atom is -0.343 e. The molecule has 2 heterocycles. The van der Waals surface area contributed by atoms with E-state index in [0.717, 1.165) is 26.1 Å². The molecular weight excluding hydrogens is 380 g/mol. The number of likely N-dealkylation sites (tertiary alicyclic amines) is 1. The number of benzene rings is 1. The number of nitrogens with one attached hydrogen (secondary N) is 1. The summed E-state index contributed by atoms with van der Waals surface area (Å²) in [5.74, 6) is -0.0857. The Morgan fingerprint density at radius 1 is 1.18 bits per heavy atom. The number of rotatable bonds is 7. The predicted molar refractivity (Wildman–Crippen MR) is 107 cm³/mol. The molecular formula is C20H27ClN4O3. The first-order chi connectivity index (χ1) is 13.5. The third kappa shape index (κ3) is 5.45. The van der Waals surface area contributed by atoms with E-state index in [1.54, 1.807) is 34.1 Å². The van der Waals surface area contributed by atoms with Crippen molar-refractivity contribution < 1.29 is 14.4 Å². The van der Waals surface area contributed by atoms with E-state index in [2.05, 4.69) is 5.32 Å². The number of halogens is 1. The predicted octanol–water partition coefficient (Wildman–Crippen LogP) is 1.23. The van der Waals surface area contributed by atoms with Gasteiger partial charge in [-0.05, 0) is 31.0 Å². The lowest BCUT2D eigenvalue weighted by atomic mass is 10.2. The van der Waals surface area contributed by atoms with Crippen molar-refractivity contribution in [2.45, 2.75) is 19.3 Å². The SMILES string of the molecule is O=C1CCCN1CCCN(CC(=O)N1CCNCC1)C(=O)c1cccc(Cl)c1. The molecule has 2 fully saturated rings. The molecule has 8 heteroatoms. The molecule has 3 rings (SSSR count). The smallest absolute Gasteiger partial charge is 0.254 e. The van der Waals surface area contributed by atoms with Crippen LogP contribution in [0.4, 0.5) is 0 Å². The number of amides is 3.